The van der Waals surface area contributed by atoms with E-state index in [4.69, 9.17) is 17.3 Å². The molecule has 0 radical (unpaired) electrons. The molecule has 28 heavy (non-hydrogen) atoms. The van der Waals surface area contributed by atoms with E-state index in [2.05, 4.69) is 20.7 Å². The number of urea groups is 1. The number of pyridine rings is 1. The molecule has 2 amide bonds. The van der Waals surface area contributed by atoms with E-state index < -0.39 is 6.03 Å². The number of hydrogen-bond acceptors (Lipinski definition) is 4. The summed E-state index contributed by atoms with van der Waals surface area (Å²) < 4.78 is 1.91. The number of carbonyl (C=O) groups excluding carboxylic acids is 1. The fourth-order valence-electron chi connectivity index (χ4n) is 3.31. The molecule has 0 spiro atoms. The number of aryl methyl sites for hydroxylation is 1. The third kappa shape index (κ3) is 4.92. The maximum Gasteiger partial charge on any atom is 0.312 e. The fraction of sp³-hybridized carbons (Fsp3) is 0.350. The second kappa shape index (κ2) is 9.41. The van der Waals surface area contributed by atoms with Gasteiger partial charge in [-0.15, -0.1) is 0 Å². The van der Waals surface area contributed by atoms with Gasteiger partial charge in [0, 0.05) is 18.5 Å². The van der Waals surface area contributed by atoms with Gasteiger partial charge in [-0.2, -0.15) is 5.10 Å². The highest BCUT2D eigenvalue weighted by Gasteiger charge is 2.13. The van der Waals surface area contributed by atoms with Crippen LogP contribution in [0.1, 0.15) is 37.8 Å². The standard InChI is InChI=1S/C20H25ClN6O/c1-2-27-18-15(13-24-27)12-17(21)26-19(18)23-11-7-6-10-16(25-20(22)28)14-8-4-3-5-9-14/h3-5,8-9,12-13,16H,2,6-7,10-11H2,1H3,(H,23,26)(H3,22,25,28). The maximum atomic E-state index is 11.3. The van der Waals surface area contributed by atoms with Crippen molar-refractivity contribution in [2.45, 2.75) is 38.8 Å². The summed E-state index contributed by atoms with van der Waals surface area (Å²) in [5, 5.41) is 12.0. The third-order valence-electron chi connectivity index (χ3n) is 4.62. The minimum absolute atomic E-state index is 0.0868. The first-order valence-corrected chi connectivity index (χ1v) is 9.83. The van der Waals surface area contributed by atoms with Crippen LogP contribution < -0.4 is 16.4 Å². The predicted octanol–water partition coefficient (Wildman–Crippen LogP) is 4.10. The van der Waals surface area contributed by atoms with Gasteiger partial charge >= 0.3 is 6.03 Å². The number of amides is 2. The molecular weight excluding hydrogens is 376 g/mol. The van der Waals surface area contributed by atoms with Crippen LogP contribution in [0.2, 0.25) is 5.15 Å². The van der Waals surface area contributed by atoms with Crippen LogP contribution in [0, 0.1) is 0 Å². The Balaban J connectivity index is 1.57. The number of aromatic nitrogens is 3. The van der Waals surface area contributed by atoms with E-state index in [0.717, 1.165) is 54.6 Å². The van der Waals surface area contributed by atoms with Gasteiger partial charge in [-0.25, -0.2) is 9.78 Å². The molecule has 8 heteroatoms. The topological polar surface area (TPSA) is 97.9 Å². The van der Waals surface area contributed by atoms with E-state index in [1.54, 1.807) is 6.20 Å². The molecule has 1 aromatic carbocycles. The number of rotatable bonds is 9. The molecule has 148 valence electrons. The van der Waals surface area contributed by atoms with Gasteiger partial charge in [0.2, 0.25) is 0 Å². The molecule has 0 aliphatic heterocycles. The van der Waals surface area contributed by atoms with Gasteiger partial charge in [0.1, 0.15) is 10.7 Å². The number of nitrogens with two attached hydrogens (primary N) is 1. The SMILES string of the molecule is CCn1ncc2cc(Cl)nc(NCCCCC(NC(N)=O)c3ccccc3)c21. The molecule has 4 N–H and O–H groups in total. The summed E-state index contributed by atoms with van der Waals surface area (Å²) in [6.45, 7) is 3.55. The largest absolute Gasteiger partial charge is 0.368 e. The molecule has 0 saturated carbocycles. The number of hydrogen-bond donors (Lipinski definition) is 3. The van der Waals surface area contributed by atoms with Crippen LogP contribution in [-0.2, 0) is 6.54 Å². The highest BCUT2D eigenvalue weighted by Crippen LogP contribution is 2.25. The first kappa shape index (κ1) is 19.9. The average molecular weight is 401 g/mol. The Kier molecular flexibility index (Phi) is 6.71. The fourth-order valence-corrected chi connectivity index (χ4v) is 3.51. The molecule has 1 atom stereocenters. The molecule has 2 aromatic heterocycles. The summed E-state index contributed by atoms with van der Waals surface area (Å²) in [7, 11) is 0. The van der Waals surface area contributed by atoms with Crippen LogP contribution in [0.3, 0.4) is 0 Å². The lowest BCUT2D eigenvalue weighted by Gasteiger charge is -2.18. The van der Waals surface area contributed by atoms with Gasteiger partial charge in [0.25, 0.3) is 0 Å². The molecule has 3 rings (SSSR count). The third-order valence-corrected chi connectivity index (χ3v) is 4.81. The molecule has 3 aromatic rings. The van der Waals surface area contributed by atoms with E-state index in [-0.39, 0.29) is 6.04 Å². The Morgan fingerprint density at radius 3 is 2.79 bits per heavy atom. The maximum absolute atomic E-state index is 11.3. The lowest BCUT2D eigenvalue weighted by Crippen LogP contribution is -2.33. The normalized spacial score (nSPS) is 12.1. The van der Waals surface area contributed by atoms with E-state index in [1.165, 1.54) is 0 Å². The van der Waals surface area contributed by atoms with Crippen LogP contribution in [-0.4, -0.2) is 27.3 Å². The second-order valence-corrected chi connectivity index (χ2v) is 6.97. The van der Waals surface area contributed by atoms with Crippen LogP contribution in [0.25, 0.3) is 10.9 Å². The van der Waals surface area contributed by atoms with Crippen molar-refractivity contribution >= 4 is 34.4 Å². The zero-order chi connectivity index (χ0) is 19.9. The summed E-state index contributed by atoms with van der Waals surface area (Å²) in [4.78, 5) is 15.7. The summed E-state index contributed by atoms with van der Waals surface area (Å²) in [5.41, 5.74) is 7.35. The summed E-state index contributed by atoms with van der Waals surface area (Å²) in [6.07, 6.45) is 4.45. The van der Waals surface area contributed by atoms with Crippen molar-refractivity contribution in [3.63, 3.8) is 0 Å². The lowest BCUT2D eigenvalue weighted by atomic mass is 10.0. The van der Waals surface area contributed by atoms with Crippen LogP contribution >= 0.6 is 11.6 Å². The van der Waals surface area contributed by atoms with Crippen LogP contribution in [0.5, 0.6) is 0 Å². The van der Waals surface area contributed by atoms with Crippen LogP contribution in [0.15, 0.2) is 42.6 Å². The quantitative estimate of drug-likeness (QED) is 0.372. The summed E-state index contributed by atoms with van der Waals surface area (Å²) in [6, 6.07) is 11.1. The first-order valence-electron chi connectivity index (χ1n) is 9.45. The van der Waals surface area contributed by atoms with Crippen molar-refractivity contribution in [2.75, 3.05) is 11.9 Å². The van der Waals surface area contributed by atoms with E-state index in [9.17, 15) is 4.79 Å². The number of anilines is 1. The van der Waals surface area contributed by atoms with Gasteiger partial charge < -0.3 is 16.4 Å². The lowest BCUT2D eigenvalue weighted by molar-refractivity contribution is 0.244. The number of unbranched alkanes of at least 4 members (excludes halogenated alkanes) is 1. The highest BCUT2D eigenvalue weighted by molar-refractivity contribution is 6.30. The number of nitrogens with one attached hydrogen (secondary N) is 2. The molecule has 0 aliphatic rings. The minimum atomic E-state index is -0.509. The second-order valence-electron chi connectivity index (χ2n) is 6.59. The molecule has 0 saturated heterocycles. The molecule has 2 heterocycles. The van der Waals surface area contributed by atoms with Crippen molar-refractivity contribution in [2.24, 2.45) is 5.73 Å². The van der Waals surface area contributed by atoms with Gasteiger partial charge in [-0.3, -0.25) is 4.68 Å². The Labute approximate surface area is 169 Å². The summed E-state index contributed by atoms with van der Waals surface area (Å²) >= 11 is 6.13. The number of fused-ring (bicyclic) bond motifs is 1. The number of carbonyl (C=O) groups is 1. The van der Waals surface area contributed by atoms with Gasteiger partial charge in [-0.1, -0.05) is 41.9 Å². The molecule has 0 bridgehead atoms. The number of primary amides is 1. The summed E-state index contributed by atoms with van der Waals surface area (Å²) in [5.74, 6) is 0.747. The van der Waals surface area contributed by atoms with E-state index in [0.29, 0.717) is 5.15 Å². The number of benzene rings is 1. The monoisotopic (exact) mass is 400 g/mol. The van der Waals surface area contributed by atoms with Crippen molar-refractivity contribution in [1.29, 1.82) is 0 Å². The van der Waals surface area contributed by atoms with Gasteiger partial charge in [-0.05, 0) is 37.8 Å². The van der Waals surface area contributed by atoms with Crippen molar-refractivity contribution in [3.05, 3.63) is 53.3 Å². The van der Waals surface area contributed by atoms with E-state index in [1.807, 2.05) is 48.0 Å². The molecule has 1 unspecified atom stereocenters. The Morgan fingerprint density at radius 2 is 2.07 bits per heavy atom. The van der Waals surface area contributed by atoms with Crippen LogP contribution in [0.4, 0.5) is 10.6 Å². The molecule has 0 aliphatic carbocycles. The number of halogens is 1. The van der Waals surface area contributed by atoms with Crippen molar-refractivity contribution < 1.29 is 4.79 Å². The molecule has 7 nitrogen and oxygen atoms in total. The Bertz CT molecular complexity index is 927. The predicted molar refractivity (Wildman–Crippen MR) is 112 cm³/mol. The zero-order valence-electron chi connectivity index (χ0n) is 15.9. The van der Waals surface area contributed by atoms with Crippen molar-refractivity contribution in [1.82, 2.24) is 20.1 Å². The molecular formula is C20H25ClN6O. The Hall–Kier alpha value is -2.80. The Morgan fingerprint density at radius 1 is 1.29 bits per heavy atom. The smallest absolute Gasteiger partial charge is 0.312 e. The number of nitrogens with zero attached hydrogens (tertiary/aromatic N) is 3. The van der Waals surface area contributed by atoms with E-state index >= 15 is 0 Å². The molecule has 0 fully saturated rings. The minimum Gasteiger partial charge on any atom is -0.368 e. The van der Waals surface area contributed by atoms with Crippen molar-refractivity contribution in [3.8, 4) is 0 Å². The average Bonchev–Trinajstić information content (AvgIpc) is 3.10. The highest BCUT2D eigenvalue weighted by atomic mass is 35.5. The zero-order valence-corrected chi connectivity index (χ0v) is 16.6. The van der Waals surface area contributed by atoms with Gasteiger partial charge in [0.05, 0.1) is 12.2 Å². The van der Waals surface area contributed by atoms with Gasteiger partial charge in [0.15, 0.2) is 5.82 Å². The first-order chi connectivity index (χ1) is 13.6.